The van der Waals surface area contributed by atoms with E-state index in [2.05, 4.69) is 4.84 Å². The molecule has 3 rings (SSSR count). The van der Waals surface area contributed by atoms with Crippen molar-refractivity contribution in [1.29, 1.82) is 0 Å². The molecule has 1 aliphatic rings. The number of hydrogen-bond donors (Lipinski definition) is 3. The second-order valence-electron chi connectivity index (χ2n) is 7.01. The van der Waals surface area contributed by atoms with Crippen molar-refractivity contribution >= 4 is 18.0 Å². The van der Waals surface area contributed by atoms with Gasteiger partial charge in [0, 0.05) is 5.92 Å². The van der Waals surface area contributed by atoms with Crippen molar-refractivity contribution in [2.45, 2.75) is 31.2 Å². The summed E-state index contributed by atoms with van der Waals surface area (Å²) in [5.41, 5.74) is 4.99. The Hall–Kier alpha value is -3.60. The molecule has 2 atom stereocenters. The first kappa shape index (κ1) is 23.1. The van der Waals surface area contributed by atoms with Gasteiger partial charge in [-0.1, -0.05) is 48.5 Å². The standard InChI is InChI=1S/C21H19F3N2O6/c1-11(19(28)29)32-26-18(27)17(21(22,23)24)25-20(30)31-10-16-14-8-4-2-6-12(14)13-7-3-5-9-15(13)16/h2-9,11,16-17H,10H2,1H3,(H,25,30)(H,26,27)(H,28,29). The topological polar surface area (TPSA) is 114 Å². The van der Waals surface area contributed by atoms with Gasteiger partial charge in [-0.05, 0) is 29.2 Å². The van der Waals surface area contributed by atoms with E-state index < -0.39 is 36.3 Å². The van der Waals surface area contributed by atoms with Crippen LogP contribution in [0.2, 0.25) is 0 Å². The van der Waals surface area contributed by atoms with E-state index in [-0.39, 0.29) is 12.5 Å². The Balaban J connectivity index is 1.66. The van der Waals surface area contributed by atoms with Crippen LogP contribution in [-0.4, -0.2) is 48.0 Å². The molecule has 0 fully saturated rings. The summed E-state index contributed by atoms with van der Waals surface area (Å²) >= 11 is 0. The van der Waals surface area contributed by atoms with Crippen LogP contribution in [0.4, 0.5) is 18.0 Å². The second kappa shape index (κ2) is 9.27. The number of halogens is 3. The predicted octanol–water partition coefficient (Wildman–Crippen LogP) is 2.98. The smallest absolute Gasteiger partial charge is 0.417 e. The highest BCUT2D eigenvalue weighted by molar-refractivity contribution is 5.86. The number of rotatable bonds is 7. The van der Waals surface area contributed by atoms with Crippen LogP contribution in [0.3, 0.4) is 0 Å². The molecule has 0 aromatic heterocycles. The average molecular weight is 452 g/mol. The number of carbonyl (C=O) groups excluding carboxylic acids is 2. The molecule has 2 unspecified atom stereocenters. The number of fused-ring (bicyclic) bond motifs is 3. The van der Waals surface area contributed by atoms with Gasteiger partial charge in [0.2, 0.25) is 6.04 Å². The normalized spacial score (nSPS) is 14.6. The first-order valence-corrected chi connectivity index (χ1v) is 9.46. The van der Waals surface area contributed by atoms with E-state index in [0.29, 0.717) is 0 Å². The molecule has 2 aromatic rings. The van der Waals surface area contributed by atoms with Crippen LogP contribution in [0, 0.1) is 0 Å². The van der Waals surface area contributed by atoms with Gasteiger partial charge < -0.3 is 15.2 Å². The Morgan fingerprint density at radius 2 is 1.56 bits per heavy atom. The van der Waals surface area contributed by atoms with E-state index in [9.17, 15) is 27.6 Å². The largest absolute Gasteiger partial charge is 0.479 e. The Morgan fingerprint density at radius 1 is 1.03 bits per heavy atom. The van der Waals surface area contributed by atoms with E-state index in [0.717, 1.165) is 29.2 Å². The molecule has 0 heterocycles. The fourth-order valence-corrected chi connectivity index (χ4v) is 3.31. The molecule has 2 aromatic carbocycles. The molecule has 2 amide bonds. The summed E-state index contributed by atoms with van der Waals surface area (Å²) in [7, 11) is 0. The molecule has 8 nitrogen and oxygen atoms in total. The number of hydroxylamine groups is 1. The SMILES string of the molecule is CC(ONC(=O)C(NC(=O)OCC1c2ccccc2-c2ccccc21)C(F)(F)F)C(=O)O. The molecule has 0 saturated heterocycles. The monoisotopic (exact) mass is 452 g/mol. The minimum Gasteiger partial charge on any atom is -0.479 e. The highest BCUT2D eigenvalue weighted by Gasteiger charge is 2.47. The maximum Gasteiger partial charge on any atom is 0.417 e. The van der Waals surface area contributed by atoms with Gasteiger partial charge in [0.25, 0.3) is 5.91 Å². The van der Waals surface area contributed by atoms with Crippen molar-refractivity contribution in [1.82, 2.24) is 10.8 Å². The zero-order chi connectivity index (χ0) is 23.5. The van der Waals surface area contributed by atoms with Gasteiger partial charge in [-0.3, -0.25) is 9.63 Å². The summed E-state index contributed by atoms with van der Waals surface area (Å²) in [6.45, 7) is 0.753. The number of benzene rings is 2. The van der Waals surface area contributed by atoms with Crippen molar-refractivity contribution < 1.29 is 42.2 Å². The molecular weight excluding hydrogens is 433 g/mol. The highest BCUT2D eigenvalue weighted by Crippen LogP contribution is 2.44. The molecular formula is C21H19F3N2O6. The van der Waals surface area contributed by atoms with E-state index in [1.807, 2.05) is 36.4 Å². The molecule has 0 aliphatic heterocycles. The molecule has 170 valence electrons. The summed E-state index contributed by atoms with van der Waals surface area (Å²) in [4.78, 5) is 38.9. The van der Waals surface area contributed by atoms with Crippen LogP contribution >= 0.6 is 0 Å². The Labute approximate surface area is 180 Å². The fraction of sp³-hybridized carbons (Fsp3) is 0.286. The van der Waals surface area contributed by atoms with E-state index in [4.69, 9.17) is 9.84 Å². The van der Waals surface area contributed by atoms with Gasteiger partial charge in [0.15, 0.2) is 6.10 Å². The lowest BCUT2D eigenvalue weighted by Gasteiger charge is -2.21. The maximum absolute atomic E-state index is 13.2. The number of aliphatic carboxylic acids is 1. The summed E-state index contributed by atoms with van der Waals surface area (Å²) in [6, 6.07) is 11.8. The molecule has 0 bridgehead atoms. The highest BCUT2D eigenvalue weighted by atomic mass is 19.4. The van der Waals surface area contributed by atoms with E-state index in [1.165, 1.54) is 10.8 Å². The fourth-order valence-electron chi connectivity index (χ4n) is 3.31. The van der Waals surface area contributed by atoms with Gasteiger partial charge in [0.1, 0.15) is 6.61 Å². The minimum atomic E-state index is -5.18. The van der Waals surface area contributed by atoms with Crippen LogP contribution in [0.15, 0.2) is 48.5 Å². The number of amides is 2. The number of alkyl halides is 3. The number of ether oxygens (including phenoxy) is 1. The third kappa shape index (κ3) is 4.99. The van der Waals surface area contributed by atoms with Gasteiger partial charge in [-0.15, -0.1) is 0 Å². The minimum absolute atomic E-state index is 0.251. The molecule has 0 saturated carbocycles. The summed E-state index contributed by atoms with van der Waals surface area (Å²) in [5.74, 6) is -3.68. The van der Waals surface area contributed by atoms with Crippen molar-refractivity contribution in [2.75, 3.05) is 6.61 Å². The lowest BCUT2D eigenvalue weighted by molar-refractivity contribution is -0.179. The van der Waals surface area contributed by atoms with Gasteiger partial charge in [-0.2, -0.15) is 13.2 Å². The molecule has 11 heteroatoms. The van der Waals surface area contributed by atoms with Crippen molar-refractivity contribution in [3.05, 3.63) is 59.7 Å². The van der Waals surface area contributed by atoms with Crippen molar-refractivity contribution in [2.24, 2.45) is 0 Å². The summed E-state index contributed by atoms with van der Waals surface area (Å²) in [6.07, 6.45) is -8.23. The first-order valence-electron chi connectivity index (χ1n) is 9.46. The Morgan fingerprint density at radius 3 is 2.06 bits per heavy atom. The van der Waals surface area contributed by atoms with Gasteiger partial charge in [0.05, 0.1) is 0 Å². The molecule has 32 heavy (non-hydrogen) atoms. The molecule has 0 radical (unpaired) electrons. The van der Waals surface area contributed by atoms with Crippen LogP contribution in [-0.2, 0) is 19.2 Å². The number of alkyl carbamates (subject to hydrolysis) is 1. The number of hydrogen-bond acceptors (Lipinski definition) is 5. The van der Waals surface area contributed by atoms with Crippen molar-refractivity contribution in [3.8, 4) is 11.1 Å². The van der Waals surface area contributed by atoms with Gasteiger partial charge >= 0.3 is 18.2 Å². The van der Waals surface area contributed by atoms with Crippen LogP contribution in [0.5, 0.6) is 0 Å². The van der Waals surface area contributed by atoms with Crippen LogP contribution in [0.25, 0.3) is 11.1 Å². The average Bonchev–Trinajstić information content (AvgIpc) is 3.07. The first-order chi connectivity index (χ1) is 15.1. The lowest BCUT2D eigenvalue weighted by atomic mass is 9.98. The van der Waals surface area contributed by atoms with Crippen molar-refractivity contribution in [3.63, 3.8) is 0 Å². The number of carboxylic acid groups (broad SMARTS) is 1. The number of carboxylic acids is 1. The number of carbonyl (C=O) groups is 3. The third-order valence-corrected chi connectivity index (χ3v) is 4.88. The Bertz CT molecular complexity index is 981. The second-order valence-corrected chi connectivity index (χ2v) is 7.01. The molecule has 3 N–H and O–H groups in total. The van der Waals surface area contributed by atoms with E-state index >= 15 is 0 Å². The summed E-state index contributed by atoms with van der Waals surface area (Å²) in [5, 5.41) is 10.1. The summed E-state index contributed by atoms with van der Waals surface area (Å²) < 4.78 is 44.8. The Kier molecular flexibility index (Phi) is 6.68. The van der Waals surface area contributed by atoms with E-state index in [1.54, 1.807) is 12.1 Å². The zero-order valence-corrected chi connectivity index (χ0v) is 16.7. The maximum atomic E-state index is 13.2. The van der Waals surface area contributed by atoms with Crippen LogP contribution < -0.4 is 10.8 Å². The van der Waals surface area contributed by atoms with Gasteiger partial charge in [-0.25, -0.2) is 15.1 Å². The molecule has 0 spiro atoms. The lowest BCUT2D eigenvalue weighted by Crippen LogP contribution is -2.55. The zero-order valence-electron chi connectivity index (χ0n) is 16.7. The molecule has 1 aliphatic carbocycles. The predicted molar refractivity (Wildman–Crippen MR) is 104 cm³/mol. The van der Waals surface area contributed by atoms with Crippen LogP contribution in [0.1, 0.15) is 24.0 Å². The third-order valence-electron chi connectivity index (χ3n) is 4.88. The quantitative estimate of drug-likeness (QED) is 0.557. The number of nitrogens with one attached hydrogen (secondary N) is 2.